The molecule has 0 atom stereocenters. The van der Waals surface area contributed by atoms with Gasteiger partial charge in [-0.25, -0.2) is 4.79 Å². The Morgan fingerprint density at radius 3 is 2.39 bits per heavy atom. The average molecular weight is 443 g/mol. The second-order valence-corrected chi connectivity index (χ2v) is 8.02. The zero-order valence-corrected chi connectivity index (χ0v) is 18.4. The van der Waals surface area contributed by atoms with E-state index in [-0.39, 0.29) is 18.0 Å². The number of ether oxygens (including phenoxy) is 1. The van der Waals surface area contributed by atoms with Gasteiger partial charge in [0.25, 0.3) is 0 Å². The first kappa shape index (κ1) is 21.5. The Kier molecular flexibility index (Phi) is 6.63. The van der Waals surface area contributed by atoms with Gasteiger partial charge in [0.05, 0.1) is 40.6 Å². The van der Waals surface area contributed by atoms with Gasteiger partial charge >= 0.3 is 5.69 Å². The summed E-state index contributed by atoms with van der Waals surface area (Å²) in [5, 5.41) is 3.59. The molecule has 0 aliphatic carbocycles. The van der Waals surface area contributed by atoms with E-state index in [4.69, 9.17) is 16.3 Å². The van der Waals surface area contributed by atoms with Gasteiger partial charge in [-0.15, -0.1) is 0 Å². The molecular formula is C23H27ClN4O3. The van der Waals surface area contributed by atoms with Gasteiger partial charge in [0, 0.05) is 32.6 Å². The number of aryl methyl sites for hydroxylation is 2. The number of carbonyl (C=O) groups excluding carboxylic acids is 1. The molecule has 31 heavy (non-hydrogen) atoms. The van der Waals surface area contributed by atoms with Crippen LogP contribution in [-0.2, 0) is 22.6 Å². The molecular weight excluding hydrogens is 416 g/mol. The molecule has 1 amide bonds. The number of para-hydroxylation sites is 3. The maximum Gasteiger partial charge on any atom is 0.329 e. The van der Waals surface area contributed by atoms with E-state index in [1.165, 1.54) is 0 Å². The highest BCUT2D eigenvalue weighted by Gasteiger charge is 2.19. The van der Waals surface area contributed by atoms with E-state index in [2.05, 4.69) is 10.2 Å². The van der Waals surface area contributed by atoms with Gasteiger partial charge in [-0.3, -0.25) is 13.9 Å². The van der Waals surface area contributed by atoms with Crippen LogP contribution in [0.25, 0.3) is 11.0 Å². The molecule has 164 valence electrons. The number of imidazole rings is 1. The number of rotatable bonds is 7. The number of hydrogen-bond acceptors (Lipinski definition) is 4. The number of nitrogens with one attached hydrogen (secondary N) is 1. The minimum atomic E-state index is -0.156. The van der Waals surface area contributed by atoms with E-state index in [0.29, 0.717) is 37.0 Å². The number of nitrogens with zero attached hydrogens (tertiary/aromatic N) is 3. The second kappa shape index (κ2) is 9.58. The Balaban J connectivity index is 1.52. The number of carbonyl (C=O) groups is 1. The van der Waals surface area contributed by atoms with Gasteiger partial charge in [-0.2, -0.15) is 0 Å². The first-order valence-electron chi connectivity index (χ1n) is 10.7. The summed E-state index contributed by atoms with van der Waals surface area (Å²) in [7, 11) is 0. The topological polar surface area (TPSA) is 68.5 Å². The summed E-state index contributed by atoms with van der Waals surface area (Å²) in [4.78, 5) is 27.8. The van der Waals surface area contributed by atoms with Crippen LogP contribution in [0.1, 0.15) is 19.8 Å². The zero-order valence-electron chi connectivity index (χ0n) is 17.6. The third-order valence-electron chi connectivity index (χ3n) is 5.52. The summed E-state index contributed by atoms with van der Waals surface area (Å²) >= 11 is 6.46. The molecule has 0 unspecified atom stereocenters. The molecule has 7 nitrogen and oxygen atoms in total. The van der Waals surface area contributed by atoms with Crippen molar-refractivity contribution < 1.29 is 9.53 Å². The number of morpholine rings is 1. The summed E-state index contributed by atoms with van der Waals surface area (Å²) in [5.41, 5.74) is 3.18. The maximum absolute atomic E-state index is 12.9. The number of halogens is 1. The van der Waals surface area contributed by atoms with Crippen LogP contribution >= 0.6 is 11.6 Å². The number of anilines is 2. The van der Waals surface area contributed by atoms with Crippen molar-refractivity contribution in [2.75, 3.05) is 36.5 Å². The first-order chi connectivity index (χ1) is 15.1. The van der Waals surface area contributed by atoms with Gasteiger partial charge in [0.1, 0.15) is 0 Å². The maximum atomic E-state index is 12.9. The van der Waals surface area contributed by atoms with E-state index in [1.807, 2.05) is 49.4 Å². The molecule has 1 N–H and O–H groups in total. The van der Waals surface area contributed by atoms with Crippen LogP contribution in [-0.4, -0.2) is 41.3 Å². The third kappa shape index (κ3) is 4.48. The lowest BCUT2D eigenvalue weighted by atomic mass is 10.2. The molecule has 3 aromatic rings. The van der Waals surface area contributed by atoms with Crippen molar-refractivity contribution in [1.29, 1.82) is 0 Å². The molecule has 4 rings (SSSR count). The molecule has 1 saturated heterocycles. The van der Waals surface area contributed by atoms with Gasteiger partial charge in [0.2, 0.25) is 5.91 Å². The summed E-state index contributed by atoms with van der Waals surface area (Å²) in [6, 6.07) is 13.2. The molecule has 2 heterocycles. The van der Waals surface area contributed by atoms with E-state index >= 15 is 0 Å². The fourth-order valence-corrected chi connectivity index (χ4v) is 4.37. The van der Waals surface area contributed by atoms with E-state index in [0.717, 1.165) is 36.2 Å². The van der Waals surface area contributed by atoms with Crippen LogP contribution in [0.5, 0.6) is 0 Å². The minimum Gasteiger partial charge on any atom is -0.378 e. The van der Waals surface area contributed by atoms with Gasteiger partial charge in [-0.05, 0) is 30.7 Å². The largest absolute Gasteiger partial charge is 0.378 e. The predicted octanol–water partition coefficient (Wildman–Crippen LogP) is 3.73. The van der Waals surface area contributed by atoms with Crippen molar-refractivity contribution in [3.8, 4) is 0 Å². The van der Waals surface area contributed by atoms with Crippen molar-refractivity contribution in [3.05, 3.63) is 58.0 Å². The number of hydrogen-bond donors (Lipinski definition) is 1. The standard InChI is InChI=1S/C23H27ClN4O3/c1-2-11-27-19-8-3-4-9-20(19)28(23(27)30)12-10-21(29)25-18-7-5-6-17(24)22(18)26-13-15-31-16-14-26/h3-9H,2,10-16H2,1H3,(H,25,29). The highest BCUT2D eigenvalue weighted by molar-refractivity contribution is 6.34. The first-order valence-corrected chi connectivity index (χ1v) is 11.1. The molecule has 1 fully saturated rings. The Morgan fingerprint density at radius 2 is 1.71 bits per heavy atom. The van der Waals surface area contributed by atoms with Crippen LogP contribution < -0.4 is 15.9 Å². The molecule has 0 spiro atoms. The molecule has 0 radical (unpaired) electrons. The van der Waals surface area contributed by atoms with Crippen molar-refractivity contribution in [1.82, 2.24) is 9.13 Å². The van der Waals surface area contributed by atoms with E-state index in [1.54, 1.807) is 9.13 Å². The van der Waals surface area contributed by atoms with E-state index < -0.39 is 0 Å². The van der Waals surface area contributed by atoms with Gasteiger partial charge in [-0.1, -0.05) is 36.7 Å². The van der Waals surface area contributed by atoms with Crippen molar-refractivity contribution in [3.63, 3.8) is 0 Å². The Morgan fingerprint density at radius 1 is 1.03 bits per heavy atom. The summed E-state index contributed by atoms with van der Waals surface area (Å²) in [6.07, 6.45) is 1.06. The van der Waals surface area contributed by atoms with Crippen LogP contribution in [0, 0.1) is 0 Å². The Bertz CT molecular complexity index is 1130. The number of fused-ring (bicyclic) bond motifs is 1. The molecule has 1 aliphatic heterocycles. The average Bonchev–Trinajstić information content (AvgIpc) is 3.04. The molecule has 0 saturated carbocycles. The molecule has 1 aliphatic rings. The number of amides is 1. The minimum absolute atomic E-state index is 0.0763. The van der Waals surface area contributed by atoms with Crippen LogP contribution in [0.4, 0.5) is 11.4 Å². The van der Waals surface area contributed by atoms with Crippen LogP contribution in [0.15, 0.2) is 47.3 Å². The smallest absolute Gasteiger partial charge is 0.329 e. The highest BCUT2D eigenvalue weighted by atomic mass is 35.5. The lowest BCUT2D eigenvalue weighted by molar-refractivity contribution is -0.116. The highest BCUT2D eigenvalue weighted by Crippen LogP contribution is 2.34. The lowest BCUT2D eigenvalue weighted by Crippen LogP contribution is -2.37. The summed E-state index contributed by atoms with van der Waals surface area (Å²) in [6.45, 7) is 5.72. The fraction of sp³-hybridized carbons (Fsp3) is 0.391. The summed E-state index contributed by atoms with van der Waals surface area (Å²) < 4.78 is 8.89. The van der Waals surface area contributed by atoms with Gasteiger partial charge < -0.3 is 15.0 Å². The Labute approximate surface area is 186 Å². The predicted molar refractivity (Wildman–Crippen MR) is 124 cm³/mol. The van der Waals surface area contributed by atoms with Crippen molar-refractivity contribution in [2.45, 2.75) is 32.9 Å². The molecule has 0 bridgehead atoms. The van der Waals surface area contributed by atoms with Crippen LogP contribution in [0.2, 0.25) is 5.02 Å². The zero-order chi connectivity index (χ0) is 21.8. The lowest BCUT2D eigenvalue weighted by Gasteiger charge is -2.31. The summed E-state index contributed by atoms with van der Waals surface area (Å²) in [5.74, 6) is -0.156. The molecule has 1 aromatic heterocycles. The SMILES string of the molecule is CCCn1c(=O)n(CCC(=O)Nc2cccc(Cl)c2N2CCOCC2)c2ccccc21. The quantitative estimate of drug-likeness (QED) is 0.605. The number of aromatic nitrogens is 2. The molecule has 2 aromatic carbocycles. The normalized spacial score (nSPS) is 14.2. The Hall–Kier alpha value is -2.77. The van der Waals surface area contributed by atoms with Crippen molar-refractivity contribution >= 4 is 39.9 Å². The second-order valence-electron chi connectivity index (χ2n) is 7.61. The van der Waals surface area contributed by atoms with Gasteiger partial charge in [0.15, 0.2) is 0 Å². The molecule has 8 heteroatoms. The number of benzene rings is 2. The van der Waals surface area contributed by atoms with Crippen molar-refractivity contribution in [2.24, 2.45) is 0 Å². The van der Waals surface area contributed by atoms with E-state index in [9.17, 15) is 9.59 Å². The fourth-order valence-electron chi connectivity index (χ4n) is 4.08. The monoisotopic (exact) mass is 442 g/mol. The van der Waals surface area contributed by atoms with Crippen LogP contribution in [0.3, 0.4) is 0 Å². The third-order valence-corrected chi connectivity index (χ3v) is 5.83.